The number of hydrogen-bond donors (Lipinski definition) is 0. The first-order chi connectivity index (χ1) is 7.78. The van der Waals surface area contributed by atoms with Crippen molar-refractivity contribution in [1.29, 1.82) is 0 Å². The van der Waals surface area contributed by atoms with Crippen LogP contribution in [0, 0.1) is 0 Å². The van der Waals surface area contributed by atoms with Gasteiger partial charge in [-0.15, -0.1) is 6.58 Å². The third-order valence-electron chi connectivity index (χ3n) is 3.68. The van der Waals surface area contributed by atoms with Gasteiger partial charge in [-0.05, 0) is 12.5 Å². The van der Waals surface area contributed by atoms with E-state index >= 15 is 0 Å². The second-order valence-electron chi connectivity index (χ2n) is 4.69. The maximum absolute atomic E-state index is 6.19. The predicted octanol–water partition coefficient (Wildman–Crippen LogP) is 2.52. The smallest absolute Gasteiger partial charge is 0.152 e. The maximum atomic E-state index is 6.19. The predicted molar refractivity (Wildman–Crippen MR) is 64.0 cm³/mol. The standard InChI is InChI=1S/C14H17NO/c1-3-9-14(12-7-5-4-6-8-12)15-10-13(15)11(2)16-14/h3-8,11,13H,1,9-10H2,2H3/t11-,13-,14-,15?/m1/s1. The Balaban J connectivity index is 2.01. The van der Waals surface area contributed by atoms with Gasteiger partial charge in [0.2, 0.25) is 0 Å². The van der Waals surface area contributed by atoms with E-state index in [1.807, 2.05) is 12.1 Å². The van der Waals surface area contributed by atoms with Crippen molar-refractivity contribution in [3.05, 3.63) is 48.6 Å². The molecule has 2 heterocycles. The summed E-state index contributed by atoms with van der Waals surface area (Å²) in [5.74, 6) is 0. The van der Waals surface area contributed by atoms with Crippen LogP contribution in [0.5, 0.6) is 0 Å². The molecule has 0 aliphatic carbocycles. The average molecular weight is 215 g/mol. The number of nitrogens with zero attached hydrogens (tertiary/aromatic N) is 1. The van der Waals surface area contributed by atoms with Crippen LogP contribution >= 0.6 is 0 Å². The van der Waals surface area contributed by atoms with Gasteiger partial charge >= 0.3 is 0 Å². The first-order valence-electron chi connectivity index (χ1n) is 5.89. The number of hydrogen-bond acceptors (Lipinski definition) is 2. The number of ether oxygens (including phenoxy) is 1. The van der Waals surface area contributed by atoms with Gasteiger partial charge in [-0.1, -0.05) is 36.4 Å². The summed E-state index contributed by atoms with van der Waals surface area (Å²) in [6.07, 6.45) is 3.15. The zero-order chi connectivity index (χ0) is 11.2. The Morgan fingerprint density at radius 2 is 2.25 bits per heavy atom. The fourth-order valence-electron chi connectivity index (χ4n) is 2.84. The van der Waals surface area contributed by atoms with Crippen molar-refractivity contribution in [2.75, 3.05) is 6.54 Å². The van der Waals surface area contributed by atoms with Crippen LogP contribution in [0.1, 0.15) is 18.9 Å². The summed E-state index contributed by atoms with van der Waals surface area (Å²) in [5, 5.41) is 0. The quantitative estimate of drug-likeness (QED) is 0.567. The topological polar surface area (TPSA) is 12.2 Å². The molecule has 2 fully saturated rings. The molecular weight excluding hydrogens is 198 g/mol. The van der Waals surface area contributed by atoms with Gasteiger partial charge in [0.15, 0.2) is 5.72 Å². The molecule has 1 aromatic rings. The van der Waals surface area contributed by atoms with Crippen LogP contribution in [0.2, 0.25) is 0 Å². The van der Waals surface area contributed by atoms with Crippen LogP contribution in [0.25, 0.3) is 0 Å². The minimum Gasteiger partial charge on any atom is -0.351 e. The van der Waals surface area contributed by atoms with E-state index in [4.69, 9.17) is 4.74 Å². The molecule has 1 aromatic carbocycles. The fraction of sp³-hybridized carbons (Fsp3) is 0.429. The molecule has 2 aliphatic rings. The lowest BCUT2D eigenvalue weighted by molar-refractivity contribution is -0.0975. The van der Waals surface area contributed by atoms with Crippen LogP contribution in [0.15, 0.2) is 43.0 Å². The van der Waals surface area contributed by atoms with Crippen molar-refractivity contribution in [2.45, 2.75) is 31.2 Å². The van der Waals surface area contributed by atoms with Gasteiger partial charge in [0, 0.05) is 13.0 Å². The highest BCUT2D eigenvalue weighted by Crippen LogP contribution is 2.50. The van der Waals surface area contributed by atoms with Gasteiger partial charge in [-0.3, -0.25) is 4.90 Å². The van der Waals surface area contributed by atoms with E-state index in [2.05, 4.69) is 42.7 Å². The Morgan fingerprint density at radius 1 is 1.50 bits per heavy atom. The van der Waals surface area contributed by atoms with Gasteiger partial charge < -0.3 is 4.74 Å². The molecule has 0 N–H and O–H groups in total. The summed E-state index contributed by atoms with van der Waals surface area (Å²) < 4.78 is 6.19. The molecule has 2 nitrogen and oxygen atoms in total. The summed E-state index contributed by atoms with van der Waals surface area (Å²) in [4.78, 5) is 2.44. The van der Waals surface area contributed by atoms with Crippen LogP contribution in [-0.4, -0.2) is 23.6 Å². The van der Waals surface area contributed by atoms with Crippen LogP contribution in [-0.2, 0) is 10.5 Å². The Labute approximate surface area is 96.5 Å². The largest absolute Gasteiger partial charge is 0.351 e. The second kappa shape index (κ2) is 3.44. The number of rotatable bonds is 3. The summed E-state index contributed by atoms with van der Waals surface area (Å²) in [7, 11) is 0. The van der Waals surface area contributed by atoms with Gasteiger partial charge in [0.25, 0.3) is 0 Å². The molecule has 84 valence electrons. The highest BCUT2D eigenvalue weighted by Gasteiger charge is 2.60. The first kappa shape index (κ1) is 10.1. The van der Waals surface area contributed by atoms with E-state index in [-0.39, 0.29) is 5.72 Å². The molecule has 2 heteroatoms. The molecule has 16 heavy (non-hydrogen) atoms. The molecule has 0 saturated carbocycles. The van der Waals surface area contributed by atoms with E-state index in [0.717, 1.165) is 13.0 Å². The molecule has 2 saturated heterocycles. The minimum atomic E-state index is -0.243. The lowest BCUT2D eigenvalue weighted by Gasteiger charge is -2.32. The molecule has 0 amide bonds. The SMILES string of the molecule is C=CC[C@]1(c2ccccc2)O[C@H](C)[C@H]2CN21. The Bertz CT molecular complexity index is 402. The van der Waals surface area contributed by atoms with E-state index in [9.17, 15) is 0 Å². The summed E-state index contributed by atoms with van der Waals surface area (Å²) in [6, 6.07) is 11.1. The van der Waals surface area contributed by atoms with Crippen LogP contribution < -0.4 is 0 Å². The average Bonchev–Trinajstić information content (AvgIpc) is 3.05. The second-order valence-corrected chi connectivity index (χ2v) is 4.69. The Kier molecular flexibility index (Phi) is 2.16. The van der Waals surface area contributed by atoms with E-state index in [1.54, 1.807) is 0 Å². The lowest BCUT2D eigenvalue weighted by atomic mass is 9.99. The fourth-order valence-corrected chi connectivity index (χ4v) is 2.84. The number of fused-ring (bicyclic) bond motifs is 1. The maximum Gasteiger partial charge on any atom is 0.152 e. The summed E-state index contributed by atoms with van der Waals surface area (Å²) in [6.45, 7) is 7.19. The van der Waals surface area contributed by atoms with Gasteiger partial charge in [0.1, 0.15) is 0 Å². The van der Waals surface area contributed by atoms with Crippen molar-refractivity contribution < 1.29 is 4.74 Å². The van der Waals surface area contributed by atoms with E-state index in [0.29, 0.717) is 12.1 Å². The van der Waals surface area contributed by atoms with Crippen molar-refractivity contribution in [3.8, 4) is 0 Å². The third-order valence-corrected chi connectivity index (χ3v) is 3.68. The monoisotopic (exact) mass is 215 g/mol. The van der Waals surface area contributed by atoms with Gasteiger partial charge in [-0.2, -0.15) is 0 Å². The van der Waals surface area contributed by atoms with Gasteiger partial charge in [0.05, 0.1) is 12.1 Å². The molecule has 0 aromatic heterocycles. The van der Waals surface area contributed by atoms with Gasteiger partial charge in [-0.25, -0.2) is 0 Å². The minimum absolute atomic E-state index is 0.243. The van der Waals surface area contributed by atoms with Crippen molar-refractivity contribution in [1.82, 2.24) is 4.90 Å². The van der Waals surface area contributed by atoms with Crippen molar-refractivity contribution in [3.63, 3.8) is 0 Å². The summed E-state index contributed by atoms with van der Waals surface area (Å²) >= 11 is 0. The zero-order valence-electron chi connectivity index (χ0n) is 9.60. The zero-order valence-corrected chi connectivity index (χ0v) is 9.60. The molecule has 0 spiro atoms. The van der Waals surface area contributed by atoms with Crippen molar-refractivity contribution >= 4 is 0 Å². The Hall–Kier alpha value is -1.12. The van der Waals surface area contributed by atoms with Crippen molar-refractivity contribution in [2.24, 2.45) is 0 Å². The molecule has 3 rings (SSSR count). The molecular formula is C14H17NO. The highest BCUT2D eigenvalue weighted by molar-refractivity contribution is 5.28. The molecule has 0 radical (unpaired) electrons. The van der Waals surface area contributed by atoms with Crippen LogP contribution in [0.4, 0.5) is 0 Å². The summed E-state index contributed by atoms with van der Waals surface area (Å²) in [5.41, 5.74) is 1.01. The highest BCUT2D eigenvalue weighted by atomic mass is 16.5. The molecule has 4 atom stereocenters. The normalized spacial score (nSPS) is 40.4. The molecule has 0 bridgehead atoms. The lowest BCUT2D eigenvalue weighted by Crippen LogP contribution is -2.35. The molecule has 1 unspecified atom stereocenters. The third kappa shape index (κ3) is 1.27. The Morgan fingerprint density at radius 3 is 2.75 bits per heavy atom. The van der Waals surface area contributed by atoms with E-state index in [1.165, 1.54) is 5.56 Å². The van der Waals surface area contributed by atoms with Crippen LogP contribution in [0.3, 0.4) is 0 Å². The van der Waals surface area contributed by atoms with E-state index < -0.39 is 0 Å². The first-order valence-corrected chi connectivity index (χ1v) is 5.89. The molecule has 2 aliphatic heterocycles. The number of benzene rings is 1.